The van der Waals surface area contributed by atoms with E-state index in [1.165, 1.54) is 6.33 Å². The molecule has 2 aromatic heterocycles. The van der Waals surface area contributed by atoms with Gasteiger partial charge in [0.15, 0.2) is 0 Å². The number of pyridine rings is 1. The summed E-state index contributed by atoms with van der Waals surface area (Å²) in [5, 5.41) is 6.92. The van der Waals surface area contributed by atoms with E-state index in [2.05, 4.69) is 36.3 Å². The van der Waals surface area contributed by atoms with E-state index in [1.807, 2.05) is 12.1 Å². The molecular weight excluding hydrogens is 334 g/mol. The molecule has 1 aromatic carbocycles. The summed E-state index contributed by atoms with van der Waals surface area (Å²) in [4.78, 5) is 20.2. The Morgan fingerprint density at radius 2 is 2.14 bits per heavy atom. The highest BCUT2D eigenvalue weighted by atomic mass is 79.9. The quantitative estimate of drug-likeness (QED) is 0.793. The Bertz CT molecular complexity index is 758. The summed E-state index contributed by atoms with van der Waals surface area (Å²) in [5.41, 5.74) is 1.69. The highest BCUT2D eigenvalue weighted by molar-refractivity contribution is 9.10. The molecular formula is C14H10BrN5O. The van der Waals surface area contributed by atoms with E-state index >= 15 is 0 Å². The molecule has 1 N–H and O–H groups in total. The summed E-state index contributed by atoms with van der Waals surface area (Å²) in [7, 11) is 0. The number of amides is 1. The van der Waals surface area contributed by atoms with Crippen LogP contribution in [0.1, 0.15) is 10.5 Å². The highest BCUT2D eigenvalue weighted by Gasteiger charge is 2.12. The van der Waals surface area contributed by atoms with Crippen molar-refractivity contribution in [2.75, 3.05) is 5.32 Å². The normalized spacial score (nSPS) is 10.3. The summed E-state index contributed by atoms with van der Waals surface area (Å²) in [5.74, 6) is -0.282. The summed E-state index contributed by atoms with van der Waals surface area (Å²) in [6.07, 6.45) is 4.58. The number of nitrogens with zero attached hydrogens (tertiary/aromatic N) is 4. The first-order chi connectivity index (χ1) is 10.2. The zero-order valence-electron chi connectivity index (χ0n) is 10.8. The number of aromatic nitrogens is 4. The Hall–Kier alpha value is -2.54. The number of halogens is 1. The van der Waals surface area contributed by atoms with Crippen LogP contribution < -0.4 is 5.32 Å². The van der Waals surface area contributed by atoms with Gasteiger partial charge in [0.25, 0.3) is 5.91 Å². The number of anilines is 1. The number of benzene rings is 1. The van der Waals surface area contributed by atoms with Crippen molar-refractivity contribution in [1.29, 1.82) is 0 Å². The van der Waals surface area contributed by atoms with Crippen molar-refractivity contribution < 1.29 is 4.79 Å². The Labute approximate surface area is 129 Å². The number of carbonyl (C=O) groups excluding carboxylic acids is 1. The summed E-state index contributed by atoms with van der Waals surface area (Å²) < 4.78 is 2.43. The number of rotatable bonds is 3. The molecule has 7 heteroatoms. The molecule has 3 rings (SSSR count). The Morgan fingerprint density at radius 1 is 1.24 bits per heavy atom. The molecule has 21 heavy (non-hydrogen) atoms. The zero-order chi connectivity index (χ0) is 14.7. The summed E-state index contributed by atoms with van der Waals surface area (Å²) in [6.45, 7) is 0. The van der Waals surface area contributed by atoms with Gasteiger partial charge in [-0.15, -0.1) is 0 Å². The van der Waals surface area contributed by atoms with Crippen LogP contribution in [0.25, 0.3) is 5.69 Å². The molecule has 0 aliphatic rings. The lowest BCUT2D eigenvalue weighted by molar-refractivity contribution is 0.102. The maximum atomic E-state index is 12.2. The molecule has 6 nitrogen and oxygen atoms in total. The van der Waals surface area contributed by atoms with E-state index in [4.69, 9.17) is 0 Å². The van der Waals surface area contributed by atoms with Crippen LogP contribution in [0.4, 0.5) is 5.69 Å². The Balaban J connectivity index is 1.95. The van der Waals surface area contributed by atoms with Crippen LogP contribution in [0, 0.1) is 0 Å². The van der Waals surface area contributed by atoms with Gasteiger partial charge in [0.1, 0.15) is 18.3 Å². The molecule has 1 amide bonds. The Kier molecular flexibility index (Phi) is 3.74. The maximum Gasteiger partial charge on any atom is 0.274 e. The van der Waals surface area contributed by atoms with Crippen molar-refractivity contribution in [3.05, 3.63) is 65.4 Å². The van der Waals surface area contributed by atoms with E-state index in [9.17, 15) is 4.79 Å². The van der Waals surface area contributed by atoms with Gasteiger partial charge in [-0.3, -0.25) is 9.78 Å². The second kappa shape index (κ2) is 5.84. The fourth-order valence-electron chi connectivity index (χ4n) is 1.82. The molecule has 104 valence electrons. The highest BCUT2D eigenvalue weighted by Crippen LogP contribution is 2.24. The van der Waals surface area contributed by atoms with E-state index < -0.39 is 0 Å². The van der Waals surface area contributed by atoms with Crippen molar-refractivity contribution in [3.8, 4) is 5.69 Å². The monoisotopic (exact) mass is 343 g/mol. The molecule has 0 unspecified atom stereocenters. The molecule has 3 aromatic rings. The predicted molar refractivity (Wildman–Crippen MR) is 81.2 cm³/mol. The summed E-state index contributed by atoms with van der Waals surface area (Å²) >= 11 is 3.39. The van der Waals surface area contributed by atoms with Crippen LogP contribution in [0.15, 0.2) is 59.7 Å². The number of carbonyl (C=O) groups is 1. The lowest BCUT2D eigenvalue weighted by Crippen LogP contribution is -2.15. The van der Waals surface area contributed by atoms with Gasteiger partial charge in [-0.05, 0) is 30.3 Å². The van der Waals surface area contributed by atoms with Gasteiger partial charge >= 0.3 is 0 Å². The average molecular weight is 344 g/mol. The molecule has 0 aliphatic carbocycles. The molecule has 0 spiro atoms. The maximum absolute atomic E-state index is 12.2. The Morgan fingerprint density at radius 3 is 2.86 bits per heavy atom. The number of hydrogen-bond donors (Lipinski definition) is 1. The van der Waals surface area contributed by atoms with Crippen molar-refractivity contribution in [1.82, 2.24) is 19.7 Å². The molecule has 0 radical (unpaired) electrons. The minimum atomic E-state index is -0.282. The topological polar surface area (TPSA) is 72.7 Å². The van der Waals surface area contributed by atoms with Gasteiger partial charge < -0.3 is 5.32 Å². The van der Waals surface area contributed by atoms with E-state index in [0.717, 1.165) is 10.2 Å². The summed E-state index contributed by atoms with van der Waals surface area (Å²) in [6, 6.07) is 10.7. The standard InChI is InChI=1S/C14H10BrN5O/c15-10-4-5-13(20-9-16-8-18-20)12(7-10)19-14(21)11-3-1-2-6-17-11/h1-9H,(H,19,21). The third-order valence-electron chi connectivity index (χ3n) is 2.77. The molecule has 0 saturated heterocycles. The lowest BCUT2D eigenvalue weighted by atomic mass is 10.2. The smallest absolute Gasteiger partial charge is 0.274 e. The zero-order valence-corrected chi connectivity index (χ0v) is 12.4. The lowest BCUT2D eigenvalue weighted by Gasteiger charge is -2.11. The molecule has 2 heterocycles. The van der Waals surface area contributed by atoms with E-state index in [0.29, 0.717) is 11.4 Å². The molecule has 0 bridgehead atoms. The van der Waals surface area contributed by atoms with E-state index in [1.54, 1.807) is 41.5 Å². The van der Waals surface area contributed by atoms with Crippen LogP contribution in [-0.2, 0) is 0 Å². The van der Waals surface area contributed by atoms with Crippen LogP contribution in [0.5, 0.6) is 0 Å². The fourth-order valence-corrected chi connectivity index (χ4v) is 2.19. The van der Waals surface area contributed by atoms with Crippen molar-refractivity contribution in [2.45, 2.75) is 0 Å². The number of nitrogens with one attached hydrogen (secondary N) is 1. The van der Waals surface area contributed by atoms with Gasteiger partial charge in [-0.25, -0.2) is 9.67 Å². The minimum absolute atomic E-state index is 0.282. The van der Waals surface area contributed by atoms with E-state index in [-0.39, 0.29) is 5.91 Å². The molecule has 0 saturated carbocycles. The van der Waals surface area contributed by atoms with Gasteiger partial charge in [0, 0.05) is 10.7 Å². The molecule has 0 aliphatic heterocycles. The number of hydrogen-bond acceptors (Lipinski definition) is 4. The van der Waals surface area contributed by atoms with Crippen molar-refractivity contribution >= 4 is 27.5 Å². The SMILES string of the molecule is O=C(Nc1cc(Br)ccc1-n1cncn1)c1ccccn1. The molecule has 0 fully saturated rings. The minimum Gasteiger partial charge on any atom is -0.319 e. The first-order valence-corrected chi connectivity index (χ1v) is 6.90. The predicted octanol–water partition coefficient (Wildman–Crippen LogP) is 2.68. The molecule has 0 atom stereocenters. The van der Waals surface area contributed by atoms with Crippen molar-refractivity contribution in [2.24, 2.45) is 0 Å². The first kappa shape index (κ1) is 13.4. The van der Waals surface area contributed by atoms with Crippen LogP contribution in [0.2, 0.25) is 0 Å². The third kappa shape index (κ3) is 2.97. The fraction of sp³-hybridized carbons (Fsp3) is 0. The van der Waals surface area contributed by atoms with Crippen molar-refractivity contribution in [3.63, 3.8) is 0 Å². The average Bonchev–Trinajstić information content (AvgIpc) is 3.02. The van der Waals surface area contributed by atoms with Gasteiger partial charge in [-0.1, -0.05) is 22.0 Å². The van der Waals surface area contributed by atoms with Crippen LogP contribution in [-0.4, -0.2) is 25.7 Å². The largest absolute Gasteiger partial charge is 0.319 e. The second-order valence-electron chi connectivity index (χ2n) is 4.17. The third-order valence-corrected chi connectivity index (χ3v) is 3.26. The van der Waals surface area contributed by atoms with Gasteiger partial charge in [0.2, 0.25) is 0 Å². The van der Waals surface area contributed by atoms with Gasteiger partial charge in [-0.2, -0.15) is 5.10 Å². The van der Waals surface area contributed by atoms with Crippen LogP contribution in [0.3, 0.4) is 0 Å². The second-order valence-corrected chi connectivity index (χ2v) is 5.09. The van der Waals surface area contributed by atoms with Crippen LogP contribution >= 0.6 is 15.9 Å². The van der Waals surface area contributed by atoms with Gasteiger partial charge in [0.05, 0.1) is 11.4 Å². The first-order valence-electron chi connectivity index (χ1n) is 6.11.